The summed E-state index contributed by atoms with van der Waals surface area (Å²) in [6, 6.07) is 4.11. The second-order valence-corrected chi connectivity index (χ2v) is 6.57. The fourth-order valence-electron chi connectivity index (χ4n) is 2.60. The topological polar surface area (TPSA) is 42.2 Å². The maximum atomic E-state index is 13.9. The van der Waals surface area contributed by atoms with Crippen LogP contribution in [0, 0.1) is 17.6 Å². The number of hydrogen-bond donors (Lipinski definition) is 0. The first-order valence-corrected chi connectivity index (χ1v) is 8.00. The van der Waals surface area contributed by atoms with Gasteiger partial charge in [-0.1, -0.05) is 25.1 Å². The van der Waals surface area contributed by atoms with Gasteiger partial charge in [0, 0.05) is 30.6 Å². The molecule has 6 heteroatoms. The summed E-state index contributed by atoms with van der Waals surface area (Å²) in [5, 5.41) is 3.99. The molecule has 1 fully saturated rings. The minimum atomic E-state index is -0.556. The van der Waals surface area contributed by atoms with Gasteiger partial charge in [-0.05, 0) is 24.8 Å². The van der Waals surface area contributed by atoms with Gasteiger partial charge in [0.2, 0.25) is 5.89 Å². The van der Waals surface area contributed by atoms with Crippen LogP contribution in [0.25, 0.3) is 0 Å². The van der Waals surface area contributed by atoms with Crippen molar-refractivity contribution in [1.29, 1.82) is 0 Å². The number of rotatable bonds is 7. The SMILES string of the molecule is CC(C)Cc1noc(CN(Cc2ccc(F)cc2F)C2CC2)n1. The molecule has 4 nitrogen and oxygen atoms in total. The minimum absolute atomic E-state index is 0.403. The van der Waals surface area contributed by atoms with Crippen LogP contribution < -0.4 is 0 Å². The average molecular weight is 321 g/mol. The summed E-state index contributed by atoms with van der Waals surface area (Å²) in [5.74, 6) is 0.656. The van der Waals surface area contributed by atoms with E-state index < -0.39 is 11.6 Å². The first-order valence-electron chi connectivity index (χ1n) is 8.00. The Morgan fingerprint density at radius 1 is 1.26 bits per heavy atom. The second-order valence-electron chi connectivity index (χ2n) is 6.57. The number of aromatic nitrogens is 2. The highest BCUT2D eigenvalue weighted by Crippen LogP contribution is 2.30. The zero-order valence-corrected chi connectivity index (χ0v) is 13.4. The van der Waals surface area contributed by atoms with Gasteiger partial charge in [0.25, 0.3) is 0 Å². The number of nitrogens with zero attached hydrogens (tertiary/aromatic N) is 3. The molecule has 0 bridgehead atoms. The van der Waals surface area contributed by atoms with E-state index in [1.807, 2.05) is 0 Å². The van der Waals surface area contributed by atoms with E-state index >= 15 is 0 Å². The highest BCUT2D eigenvalue weighted by Gasteiger charge is 2.30. The van der Waals surface area contributed by atoms with Crippen LogP contribution in [-0.2, 0) is 19.5 Å². The van der Waals surface area contributed by atoms with Gasteiger partial charge >= 0.3 is 0 Å². The summed E-state index contributed by atoms with van der Waals surface area (Å²) in [7, 11) is 0. The molecule has 0 radical (unpaired) electrons. The lowest BCUT2D eigenvalue weighted by Gasteiger charge is -2.20. The summed E-state index contributed by atoms with van der Waals surface area (Å²) < 4.78 is 32.2. The van der Waals surface area contributed by atoms with E-state index in [9.17, 15) is 8.78 Å². The molecule has 0 amide bonds. The van der Waals surface area contributed by atoms with Crippen molar-refractivity contribution in [3.05, 3.63) is 47.1 Å². The van der Waals surface area contributed by atoms with Crippen molar-refractivity contribution in [2.45, 2.75) is 52.2 Å². The Balaban J connectivity index is 1.68. The Morgan fingerprint density at radius 3 is 2.70 bits per heavy atom. The van der Waals surface area contributed by atoms with E-state index in [4.69, 9.17) is 4.52 Å². The smallest absolute Gasteiger partial charge is 0.240 e. The number of halogens is 2. The first kappa shape index (κ1) is 16.1. The largest absolute Gasteiger partial charge is 0.338 e. The van der Waals surface area contributed by atoms with Crippen LogP contribution in [0.5, 0.6) is 0 Å². The van der Waals surface area contributed by atoms with Crippen molar-refractivity contribution in [3.63, 3.8) is 0 Å². The van der Waals surface area contributed by atoms with Gasteiger partial charge in [0.05, 0.1) is 6.54 Å². The Bertz CT molecular complexity index is 668. The Labute approximate surface area is 134 Å². The van der Waals surface area contributed by atoms with Crippen molar-refractivity contribution < 1.29 is 13.3 Å². The molecule has 1 aliphatic carbocycles. The van der Waals surface area contributed by atoms with Crippen molar-refractivity contribution in [2.75, 3.05) is 0 Å². The summed E-state index contributed by atoms with van der Waals surface area (Å²) in [5.41, 5.74) is 0.486. The summed E-state index contributed by atoms with van der Waals surface area (Å²) in [6.07, 6.45) is 2.94. The number of benzene rings is 1. The molecule has 1 heterocycles. The van der Waals surface area contributed by atoms with Crippen LogP contribution in [-0.4, -0.2) is 21.1 Å². The zero-order valence-electron chi connectivity index (χ0n) is 13.4. The van der Waals surface area contributed by atoms with Crippen LogP contribution >= 0.6 is 0 Å². The number of hydrogen-bond acceptors (Lipinski definition) is 4. The van der Waals surface area contributed by atoms with E-state index in [1.54, 1.807) is 0 Å². The maximum Gasteiger partial charge on any atom is 0.240 e. The molecule has 2 aromatic rings. The van der Waals surface area contributed by atoms with Crippen LogP contribution in [0.15, 0.2) is 22.7 Å². The quantitative estimate of drug-likeness (QED) is 0.779. The Kier molecular flexibility index (Phi) is 4.71. The lowest BCUT2D eigenvalue weighted by molar-refractivity contribution is 0.207. The summed E-state index contributed by atoms with van der Waals surface area (Å²) >= 11 is 0. The van der Waals surface area contributed by atoms with Gasteiger partial charge < -0.3 is 4.52 Å². The molecule has 0 aliphatic heterocycles. The predicted octanol–water partition coefficient (Wildman–Crippen LogP) is 3.71. The third-order valence-corrected chi connectivity index (χ3v) is 3.89. The molecule has 124 valence electrons. The molecule has 23 heavy (non-hydrogen) atoms. The summed E-state index contributed by atoms with van der Waals surface area (Å²) in [6.45, 7) is 5.11. The molecule has 0 spiro atoms. The zero-order chi connectivity index (χ0) is 16.4. The minimum Gasteiger partial charge on any atom is -0.338 e. The standard InChI is InChI=1S/C17H21F2N3O/c1-11(2)7-16-20-17(23-21-16)10-22(14-5-6-14)9-12-3-4-13(18)8-15(12)19/h3-4,8,11,14H,5-7,9-10H2,1-2H3. The van der Waals surface area contributed by atoms with E-state index in [0.717, 1.165) is 25.3 Å². The molecular formula is C17H21F2N3O. The molecule has 0 N–H and O–H groups in total. The molecule has 0 atom stereocenters. The highest BCUT2D eigenvalue weighted by molar-refractivity contribution is 5.18. The van der Waals surface area contributed by atoms with Crippen molar-refractivity contribution in [1.82, 2.24) is 15.0 Å². The van der Waals surface area contributed by atoms with Gasteiger partial charge in [0.15, 0.2) is 5.82 Å². The first-order chi connectivity index (χ1) is 11.0. The molecule has 1 aromatic carbocycles. The van der Waals surface area contributed by atoms with Gasteiger partial charge in [-0.2, -0.15) is 4.98 Å². The normalized spacial score (nSPS) is 14.9. The molecular weight excluding hydrogens is 300 g/mol. The van der Waals surface area contributed by atoms with Crippen LogP contribution in [0.1, 0.15) is 44.0 Å². The van der Waals surface area contributed by atoms with Crippen LogP contribution in [0.4, 0.5) is 8.78 Å². The molecule has 1 aliphatic rings. The van der Waals surface area contributed by atoms with Gasteiger partial charge in [-0.3, -0.25) is 4.90 Å². The van der Waals surface area contributed by atoms with E-state index in [1.165, 1.54) is 12.1 Å². The van der Waals surface area contributed by atoms with Crippen molar-refractivity contribution >= 4 is 0 Å². The maximum absolute atomic E-state index is 13.9. The third kappa shape index (κ3) is 4.34. The lowest BCUT2D eigenvalue weighted by Crippen LogP contribution is -2.25. The predicted molar refractivity (Wildman–Crippen MR) is 81.5 cm³/mol. The molecule has 0 saturated heterocycles. The van der Waals surface area contributed by atoms with Gasteiger partial charge in [-0.25, -0.2) is 8.78 Å². The van der Waals surface area contributed by atoms with Crippen LogP contribution in [0.3, 0.4) is 0 Å². The highest BCUT2D eigenvalue weighted by atomic mass is 19.1. The monoisotopic (exact) mass is 321 g/mol. The van der Waals surface area contributed by atoms with Crippen molar-refractivity contribution in [3.8, 4) is 0 Å². The average Bonchev–Trinajstić information content (AvgIpc) is 3.23. The molecule has 1 saturated carbocycles. The van der Waals surface area contributed by atoms with Crippen molar-refractivity contribution in [2.24, 2.45) is 5.92 Å². The molecule has 1 aromatic heterocycles. The fourth-order valence-corrected chi connectivity index (χ4v) is 2.60. The van der Waals surface area contributed by atoms with E-state index in [0.29, 0.717) is 42.3 Å². The lowest BCUT2D eigenvalue weighted by atomic mass is 10.1. The molecule has 3 rings (SSSR count). The Hall–Kier alpha value is -1.82. The Morgan fingerprint density at radius 2 is 2.04 bits per heavy atom. The van der Waals surface area contributed by atoms with Gasteiger partial charge in [0.1, 0.15) is 11.6 Å². The van der Waals surface area contributed by atoms with E-state index in [2.05, 4.69) is 28.9 Å². The summed E-state index contributed by atoms with van der Waals surface area (Å²) in [4.78, 5) is 6.52. The van der Waals surface area contributed by atoms with Gasteiger partial charge in [-0.15, -0.1) is 0 Å². The molecule has 0 unspecified atom stereocenters. The fraction of sp³-hybridized carbons (Fsp3) is 0.529. The third-order valence-electron chi connectivity index (χ3n) is 3.89. The van der Waals surface area contributed by atoms with Crippen LogP contribution in [0.2, 0.25) is 0 Å². The second kappa shape index (κ2) is 6.74. The van der Waals surface area contributed by atoms with E-state index in [-0.39, 0.29) is 0 Å².